The molecule has 17 heavy (non-hydrogen) atoms. The van der Waals surface area contributed by atoms with E-state index in [4.69, 9.17) is 4.74 Å². The van der Waals surface area contributed by atoms with Crippen LogP contribution in [0.25, 0.3) is 0 Å². The van der Waals surface area contributed by atoms with Crippen molar-refractivity contribution < 1.29 is 14.6 Å². The van der Waals surface area contributed by atoms with Crippen LogP contribution in [-0.2, 0) is 9.53 Å². The van der Waals surface area contributed by atoms with Crippen molar-refractivity contribution >= 4 is 5.97 Å². The van der Waals surface area contributed by atoms with Gasteiger partial charge in [0.25, 0.3) is 0 Å². The summed E-state index contributed by atoms with van der Waals surface area (Å²) in [7, 11) is 1.75. The van der Waals surface area contributed by atoms with Crippen molar-refractivity contribution in [3.8, 4) is 0 Å². The quantitative estimate of drug-likeness (QED) is 0.794. The number of hydrogen-bond donors (Lipinski definition) is 1. The second kappa shape index (κ2) is 4.94. The van der Waals surface area contributed by atoms with Gasteiger partial charge in [-0.2, -0.15) is 0 Å². The van der Waals surface area contributed by atoms with Gasteiger partial charge in [-0.25, -0.2) is 0 Å². The maximum Gasteiger partial charge on any atom is 0.320 e. The van der Waals surface area contributed by atoms with E-state index in [-0.39, 0.29) is 11.5 Å². The first-order chi connectivity index (χ1) is 8.13. The fraction of sp³-hybridized carbons (Fsp3) is 0.923. The molecule has 0 radical (unpaired) electrons. The minimum absolute atomic E-state index is 0.234. The molecule has 4 nitrogen and oxygen atoms in total. The van der Waals surface area contributed by atoms with E-state index in [1.54, 1.807) is 7.11 Å². The maximum atomic E-state index is 11.2. The minimum atomic E-state index is -0.681. The highest BCUT2D eigenvalue weighted by atomic mass is 16.5. The van der Waals surface area contributed by atoms with Gasteiger partial charge in [-0.05, 0) is 25.2 Å². The lowest BCUT2D eigenvalue weighted by Crippen LogP contribution is -2.41. The van der Waals surface area contributed by atoms with Crippen molar-refractivity contribution in [3.05, 3.63) is 0 Å². The lowest BCUT2D eigenvalue weighted by atomic mass is 9.82. The van der Waals surface area contributed by atoms with Crippen molar-refractivity contribution in [1.29, 1.82) is 0 Å². The lowest BCUT2D eigenvalue weighted by Gasteiger charge is -2.29. The Balaban J connectivity index is 2.09. The van der Waals surface area contributed by atoms with Gasteiger partial charge < -0.3 is 9.84 Å². The molecular formula is C13H23NO3. The van der Waals surface area contributed by atoms with Crippen LogP contribution < -0.4 is 0 Å². The Morgan fingerprint density at radius 3 is 3.00 bits per heavy atom. The van der Waals surface area contributed by atoms with E-state index < -0.39 is 5.97 Å². The number of ether oxygens (including phenoxy) is 1. The third-order valence-corrected chi connectivity index (χ3v) is 4.61. The van der Waals surface area contributed by atoms with Crippen LogP contribution in [0.5, 0.6) is 0 Å². The number of nitrogens with zero attached hydrogens (tertiary/aromatic N) is 1. The Bertz CT molecular complexity index is 294. The summed E-state index contributed by atoms with van der Waals surface area (Å²) in [5.41, 5.74) is 0.234. The van der Waals surface area contributed by atoms with Crippen LogP contribution in [0.4, 0.5) is 0 Å². The zero-order valence-corrected chi connectivity index (χ0v) is 10.8. The largest absolute Gasteiger partial charge is 0.480 e. The van der Waals surface area contributed by atoms with Gasteiger partial charge in [0.1, 0.15) is 6.04 Å². The predicted octanol–water partition coefficient (Wildman–Crippen LogP) is 1.60. The molecule has 0 amide bonds. The molecule has 98 valence electrons. The summed E-state index contributed by atoms with van der Waals surface area (Å²) in [6.07, 6.45) is 4.38. The molecule has 0 aromatic carbocycles. The summed E-state index contributed by atoms with van der Waals surface area (Å²) in [6, 6.07) is -0.311. The normalized spacial score (nSPS) is 34.8. The van der Waals surface area contributed by atoms with Crippen LogP contribution in [0.3, 0.4) is 0 Å². The highest BCUT2D eigenvalue weighted by molar-refractivity contribution is 5.73. The number of methoxy groups -OCH3 is 1. The monoisotopic (exact) mass is 241 g/mol. The molecule has 2 rings (SSSR count). The zero-order valence-electron chi connectivity index (χ0n) is 10.8. The molecule has 1 N–H and O–H groups in total. The van der Waals surface area contributed by atoms with Gasteiger partial charge in [-0.1, -0.05) is 13.3 Å². The Kier molecular flexibility index (Phi) is 3.73. The van der Waals surface area contributed by atoms with Crippen LogP contribution in [0.1, 0.15) is 32.6 Å². The van der Waals surface area contributed by atoms with E-state index >= 15 is 0 Å². The zero-order chi connectivity index (χ0) is 12.5. The molecule has 0 spiro atoms. The van der Waals surface area contributed by atoms with Crippen molar-refractivity contribution in [2.45, 2.75) is 38.6 Å². The van der Waals surface area contributed by atoms with Gasteiger partial charge in [0.15, 0.2) is 0 Å². The molecule has 0 bridgehead atoms. The number of carboxylic acid groups (broad SMARTS) is 1. The van der Waals surface area contributed by atoms with Crippen LogP contribution in [0, 0.1) is 11.3 Å². The molecule has 0 aromatic heterocycles. The second-order valence-electron chi connectivity index (χ2n) is 5.58. The molecule has 3 atom stereocenters. The second-order valence-corrected chi connectivity index (χ2v) is 5.58. The molecule has 1 saturated carbocycles. The minimum Gasteiger partial charge on any atom is -0.480 e. The number of likely N-dealkylation sites (tertiary alicyclic amines) is 1. The average molecular weight is 241 g/mol. The number of carbonyl (C=O) groups is 1. The van der Waals surface area contributed by atoms with Gasteiger partial charge >= 0.3 is 5.97 Å². The number of carboxylic acids is 1. The molecule has 1 aliphatic heterocycles. The summed E-state index contributed by atoms with van der Waals surface area (Å²) in [5.74, 6) is -0.0455. The molecule has 1 saturated heterocycles. The van der Waals surface area contributed by atoms with E-state index in [1.807, 2.05) is 6.92 Å². The molecule has 1 heterocycles. The highest BCUT2D eigenvalue weighted by Gasteiger charge is 2.51. The van der Waals surface area contributed by atoms with E-state index in [0.29, 0.717) is 12.3 Å². The van der Waals surface area contributed by atoms with Crippen LogP contribution in [-0.4, -0.2) is 48.8 Å². The first-order valence-corrected chi connectivity index (χ1v) is 6.59. The Morgan fingerprint density at radius 2 is 2.41 bits per heavy atom. The smallest absolute Gasteiger partial charge is 0.320 e. The topological polar surface area (TPSA) is 49.8 Å². The Morgan fingerprint density at radius 1 is 1.65 bits per heavy atom. The van der Waals surface area contributed by atoms with Crippen LogP contribution >= 0.6 is 0 Å². The number of fused-ring (bicyclic) bond motifs is 1. The van der Waals surface area contributed by atoms with Gasteiger partial charge in [-0.3, -0.25) is 9.69 Å². The highest BCUT2D eigenvalue weighted by Crippen LogP contribution is 2.49. The van der Waals surface area contributed by atoms with Crippen LogP contribution in [0.15, 0.2) is 0 Å². The lowest BCUT2D eigenvalue weighted by molar-refractivity contribution is -0.143. The first-order valence-electron chi connectivity index (χ1n) is 6.59. The maximum absolute atomic E-state index is 11.2. The molecule has 2 aliphatic rings. The molecule has 2 fully saturated rings. The molecule has 0 aromatic rings. The van der Waals surface area contributed by atoms with Gasteiger partial charge in [0.2, 0.25) is 0 Å². The van der Waals surface area contributed by atoms with Crippen LogP contribution in [0.2, 0.25) is 0 Å². The fourth-order valence-corrected chi connectivity index (χ4v) is 3.81. The molecular weight excluding hydrogens is 218 g/mol. The third kappa shape index (κ3) is 2.20. The molecule has 1 aliphatic carbocycles. The molecule has 0 unspecified atom stereocenters. The van der Waals surface area contributed by atoms with E-state index in [2.05, 4.69) is 4.90 Å². The van der Waals surface area contributed by atoms with Crippen molar-refractivity contribution in [2.24, 2.45) is 11.3 Å². The van der Waals surface area contributed by atoms with Crippen molar-refractivity contribution in [2.75, 3.05) is 26.8 Å². The summed E-state index contributed by atoms with van der Waals surface area (Å²) in [4.78, 5) is 13.4. The standard InChI is InChI=1S/C13H23NO3/c1-3-11(12(15)16)14-7-10-5-4-6-13(10,8-14)9-17-2/h10-11H,3-9H2,1-2H3,(H,15,16)/t10-,11-,13-/m1/s1. The van der Waals surface area contributed by atoms with Crippen molar-refractivity contribution in [3.63, 3.8) is 0 Å². The third-order valence-electron chi connectivity index (χ3n) is 4.61. The Labute approximate surface area is 103 Å². The summed E-state index contributed by atoms with van der Waals surface area (Å²) in [5, 5.41) is 9.24. The first kappa shape index (κ1) is 12.8. The summed E-state index contributed by atoms with van der Waals surface area (Å²) >= 11 is 0. The Hall–Kier alpha value is -0.610. The number of aliphatic carboxylic acids is 1. The van der Waals surface area contributed by atoms with Gasteiger partial charge in [-0.15, -0.1) is 0 Å². The van der Waals surface area contributed by atoms with E-state index in [1.165, 1.54) is 19.3 Å². The number of hydrogen-bond acceptors (Lipinski definition) is 3. The van der Waals surface area contributed by atoms with E-state index in [0.717, 1.165) is 19.7 Å². The summed E-state index contributed by atoms with van der Waals surface area (Å²) < 4.78 is 5.38. The van der Waals surface area contributed by atoms with Crippen molar-refractivity contribution in [1.82, 2.24) is 4.90 Å². The predicted molar refractivity (Wildman–Crippen MR) is 64.9 cm³/mol. The van der Waals surface area contributed by atoms with E-state index in [9.17, 15) is 9.90 Å². The van der Waals surface area contributed by atoms with Gasteiger partial charge in [0.05, 0.1) is 6.61 Å². The SMILES string of the molecule is CC[C@H](C(=O)O)N1C[C@H]2CCC[C@]2(COC)C1. The molecule has 4 heteroatoms. The summed E-state index contributed by atoms with van der Waals surface area (Å²) in [6.45, 7) is 4.57. The fourth-order valence-electron chi connectivity index (χ4n) is 3.81. The number of rotatable bonds is 5. The average Bonchev–Trinajstić information content (AvgIpc) is 2.75. The van der Waals surface area contributed by atoms with Gasteiger partial charge in [0, 0.05) is 25.6 Å².